The fraction of sp³-hybridized carbons (Fsp3) is 1.00. The van der Waals surface area contributed by atoms with Gasteiger partial charge in [-0.2, -0.15) is 0 Å². The van der Waals surface area contributed by atoms with Crippen LogP contribution in [0.5, 0.6) is 0 Å². The van der Waals surface area contributed by atoms with Crippen molar-refractivity contribution in [2.75, 3.05) is 52.9 Å². The molecule has 0 spiro atoms. The van der Waals surface area contributed by atoms with Crippen molar-refractivity contribution in [3.8, 4) is 0 Å². The zero-order chi connectivity index (χ0) is 34.7. The Morgan fingerprint density at radius 3 is 0.489 bits per heavy atom. The fourth-order valence-corrected chi connectivity index (χ4v) is 8.88. The second kappa shape index (κ2) is 26.5. The van der Waals surface area contributed by atoms with E-state index in [1.54, 1.807) is 0 Å². The molecule has 0 atom stereocenters. The van der Waals surface area contributed by atoms with Crippen molar-refractivity contribution in [3.05, 3.63) is 0 Å². The minimum absolute atomic E-state index is 0.260. The van der Waals surface area contributed by atoms with Crippen LogP contribution in [0.2, 0.25) is 0 Å². The Bertz CT molecular complexity index is 643. The van der Waals surface area contributed by atoms with Gasteiger partial charge in [0, 0.05) is 21.7 Å². The van der Waals surface area contributed by atoms with Crippen LogP contribution < -0.4 is 0 Å². The second-order valence-electron chi connectivity index (χ2n) is 15.3. The van der Waals surface area contributed by atoms with Crippen LogP contribution in [-0.4, -0.2) is 93.7 Å². The fourth-order valence-electron chi connectivity index (χ4n) is 8.88. The van der Waals surface area contributed by atoms with Crippen LogP contribution in [-0.2, 0) is 0 Å². The molecule has 8 N–H and O–H groups in total. The highest BCUT2D eigenvalue weighted by atomic mass is 16.3. The second-order valence-corrected chi connectivity index (χ2v) is 15.3. The maximum absolute atomic E-state index is 11.0. The van der Waals surface area contributed by atoms with Crippen molar-refractivity contribution in [3.63, 3.8) is 0 Å². The molecule has 0 aromatic rings. The van der Waals surface area contributed by atoms with Crippen LogP contribution in [0.25, 0.3) is 0 Å². The van der Waals surface area contributed by atoms with Gasteiger partial charge < -0.3 is 40.9 Å². The van der Waals surface area contributed by atoms with E-state index in [2.05, 4.69) is 0 Å². The van der Waals surface area contributed by atoms with Crippen molar-refractivity contribution in [1.29, 1.82) is 0 Å². The van der Waals surface area contributed by atoms with Gasteiger partial charge in [-0.3, -0.25) is 0 Å². The summed E-state index contributed by atoms with van der Waals surface area (Å²) in [6, 6.07) is 0. The van der Waals surface area contributed by atoms with Crippen molar-refractivity contribution >= 4 is 0 Å². The summed E-state index contributed by atoms with van der Waals surface area (Å²) in [5.41, 5.74) is -6.48. The molecule has 0 heterocycles. The van der Waals surface area contributed by atoms with Gasteiger partial charge in [-0.05, 0) is 12.8 Å². The van der Waals surface area contributed by atoms with E-state index >= 15 is 0 Å². The summed E-state index contributed by atoms with van der Waals surface area (Å²) in [5.74, 6) is 0. The molecule has 47 heavy (non-hydrogen) atoms. The van der Waals surface area contributed by atoms with Crippen molar-refractivity contribution in [2.24, 2.45) is 21.7 Å². The number of aliphatic hydroxyl groups is 8. The molecule has 1 fully saturated rings. The highest BCUT2D eigenvalue weighted by Crippen LogP contribution is 2.61. The van der Waals surface area contributed by atoms with Crippen LogP contribution in [0.1, 0.15) is 173 Å². The van der Waals surface area contributed by atoms with Gasteiger partial charge in [-0.1, -0.05) is 161 Å². The third kappa shape index (κ3) is 12.7. The molecule has 1 aliphatic rings. The summed E-state index contributed by atoms with van der Waals surface area (Å²) in [5, 5.41) is 87.4. The Labute approximate surface area is 288 Å². The normalized spacial score (nSPS) is 24.5. The van der Waals surface area contributed by atoms with E-state index in [0.717, 1.165) is 38.5 Å². The standard InChI is InChI=1S/C39H78O8/c40-28-36(29-41)26-24-22-20-18-16-14-12-10-8-6-4-2-1-3-5-7-9-11-13-15-17-19-21-23-25-27-37(30-42,31-43)39(34-46,35-47)38(36,32-44)33-45/h40-47H,1-35H2. The molecule has 282 valence electrons. The van der Waals surface area contributed by atoms with Gasteiger partial charge in [0.05, 0.1) is 52.9 Å². The number of hydrogen-bond acceptors (Lipinski definition) is 8. The molecule has 8 heteroatoms. The minimum Gasteiger partial charge on any atom is -0.396 e. The van der Waals surface area contributed by atoms with Crippen LogP contribution in [0, 0.1) is 21.7 Å². The highest BCUT2D eigenvalue weighted by Gasteiger charge is 2.68. The molecule has 0 aromatic heterocycles. The molecule has 1 aliphatic carbocycles. The topological polar surface area (TPSA) is 162 Å². The predicted octanol–water partition coefficient (Wildman–Crippen LogP) is 6.42. The van der Waals surface area contributed by atoms with Crippen molar-refractivity contribution < 1.29 is 40.9 Å². The first-order valence-electron chi connectivity index (χ1n) is 19.8. The molecule has 0 bridgehead atoms. The zero-order valence-electron chi connectivity index (χ0n) is 30.3. The average molecular weight is 675 g/mol. The zero-order valence-corrected chi connectivity index (χ0v) is 30.3. The van der Waals surface area contributed by atoms with E-state index in [1.807, 2.05) is 0 Å². The van der Waals surface area contributed by atoms with Gasteiger partial charge in [0.2, 0.25) is 0 Å². The molecule has 0 saturated heterocycles. The van der Waals surface area contributed by atoms with E-state index < -0.39 is 74.5 Å². The first kappa shape index (κ1) is 44.7. The molecule has 1 saturated carbocycles. The Balaban J connectivity index is 3.10. The van der Waals surface area contributed by atoms with Gasteiger partial charge in [0.15, 0.2) is 0 Å². The quantitative estimate of drug-likeness (QED) is 0.146. The van der Waals surface area contributed by atoms with Crippen LogP contribution in [0.15, 0.2) is 0 Å². The first-order chi connectivity index (χ1) is 22.9. The number of hydrogen-bond donors (Lipinski definition) is 8. The maximum Gasteiger partial charge on any atom is 0.0523 e. The average Bonchev–Trinajstić information content (AvgIpc) is 3.10. The Hall–Kier alpha value is -0.320. The van der Waals surface area contributed by atoms with E-state index in [1.165, 1.54) is 109 Å². The van der Waals surface area contributed by atoms with Gasteiger partial charge in [0.1, 0.15) is 0 Å². The van der Waals surface area contributed by atoms with E-state index in [0.29, 0.717) is 12.8 Å². The molecule has 0 aliphatic heterocycles. The van der Waals surface area contributed by atoms with E-state index in [-0.39, 0.29) is 12.8 Å². The summed E-state index contributed by atoms with van der Waals surface area (Å²) < 4.78 is 0. The molecular formula is C39H78O8. The van der Waals surface area contributed by atoms with Gasteiger partial charge >= 0.3 is 0 Å². The molecule has 0 aromatic carbocycles. The van der Waals surface area contributed by atoms with Crippen molar-refractivity contribution in [1.82, 2.24) is 0 Å². The summed E-state index contributed by atoms with van der Waals surface area (Å²) in [4.78, 5) is 0. The van der Waals surface area contributed by atoms with Gasteiger partial charge in [0.25, 0.3) is 0 Å². The summed E-state index contributed by atoms with van der Waals surface area (Å²) in [7, 11) is 0. The summed E-state index contributed by atoms with van der Waals surface area (Å²) in [6.07, 6.45) is 29.9. The lowest BCUT2D eigenvalue weighted by Crippen LogP contribution is -2.70. The lowest BCUT2D eigenvalue weighted by Gasteiger charge is -2.63. The third-order valence-corrected chi connectivity index (χ3v) is 12.5. The van der Waals surface area contributed by atoms with E-state index in [9.17, 15) is 40.9 Å². The smallest absolute Gasteiger partial charge is 0.0523 e. The van der Waals surface area contributed by atoms with Gasteiger partial charge in [-0.25, -0.2) is 0 Å². The highest BCUT2D eigenvalue weighted by molar-refractivity contribution is 5.14. The molecule has 0 unspecified atom stereocenters. The Kier molecular flexibility index (Phi) is 25.2. The minimum atomic E-state index is -1.78. The molecule has 8 nitrogen and oxygen atoms in total. The van der Waals surface area contributed by atoms with Crippen LogP contribution in [0.4, 0.5) is 0 Å². The predicted molar refractivity (Wildman–Crippen MR) is 191 cm³/mol. The SMILES string of the molecule is OCC1(CO)CCCCCCCCCCCCCCCCCCCCCCCCCCCC(CO)(CO)C(CO)(CO)C1(CO)CO. The van der Waals surface area contributed by atoms with Crippen LogP contribution in [0.3, 0.4) is 0 Å². The number of aliphatic hydroxyl groups excluding tert-OH is 8. The number of rotatable bonds is 8. The summed E-state index contributed by atoms with van der Waals surface area (Å²) >= 11 is 0. The monoisotopic (exact) mass is 675 g/mol. The first-order valence-corrected chi connectivity index (χ1v) is 19.8. The lowest BCUT2D eigenvalue weighted by atomic mass is 9.42. The largest absolute Gasteiger partial charge is 0.396 e. The van der Waals surface area contributed by atoms with Crippen LogP contribution >= 0.6 is 0 Å². The molecular weight excluding hydrogens is 596 g/mol. The molecule has 1 rings (SSSR count). The Morgan fingerprint density at radius 1 is 0.213 bits per heavy atom. The molecule has 0 amide bonds. The lowest BCUT2D eigenvalue weighted by molar-refractivity contribution is -0.268. The summed E-state index contributed by atoms with van der Waals surface area (Å²) in [6.45, 7) is -5.31. The maximum atomic E-state index is 11.0. The third-order valence-electron chi connectivity index (χ3n) is 12.5. The van der Waals surface area contributed by atoms with Gasteiger partial charge in [-0.15, -0.1) is 0 Å². The van der Waals surface area contributed by atoms with E-state index in [4.69, 9.17) is 0 Å². The van der Waals surface area contributed by atoms with Crippen molar-refractivity contribution in [2.45, 2.75) is 173 Å². The molecule has 0 radical (unpaired) electrons. The Morgan fingerprint density at radius 2 is 0.362 bits per heavy atom.